The number of piperidine rings is 1. The van der Waals surface area contributed by atoms with Crippen molar-refractivity contribution in [2.75, 3.05) is 71.4 Å². The van der Waals surface area contributed by atoms with Crippen molar-refractivity contribution in [3.63, 3.8) is 0 Å². The van der Waals surface area contributed by atoms with Crippen LogP contribution in [-0.2, 0) is 9.63 Å². The summed E-state index contributed by atoms with van der Waals surface area (Å²) >= 11 is 0. The van der Waals surface area contributed by atoms with E-state index in [9.17, 15) is 4.79 Å². The molecule has 0 atom stereocenters. The Balaban J connectivity index is 1.35. The van der Waals surface area contributed by atoms with E-state index in [-0.39, 0.29) is 5.91 Å². The predicted molar refractivity (Wildman–Crippen MR) is 118 cm³/mol. The van der Waals surface area contributed by atoms with Crippen LogP contribution in [0.3, 0.4) is 0 Å². The number of aryl methyl sites for hydroxylation is 1. The molecule has 1 amide bonds. The first-order valence-electron chi connectivity index (χ1n) is 11.0. The normalized spacial score (nSPS) is 19.5. The number of hydroxylamine groups is 2. The zero-order chi connectivity index (χ0) is 20.8. The third-order valence-electron chi connectivity index (χ3n) is 6.83. The molecule has 2 heterocycles. The number of carbonyl (C=O) groups is 1. The van der Waals surface area contributed by atoms with Gasteiger partial charge >= 0.3 is 0 Å². The maximum absolute atomic E-state index is 12.0. The topological polar surface area (TPSA) is 39.3 Å². The van der Waals surface area contributed by atoms with Gasteiger partial charge in [-0.1, -0.05) is 12.1 Å². The van der Waals surface area contributed by atoms with Crippen molar-refractivity contribution in [3.8, 4) is 0 Å². The SMILES string of the molecule is CON(C)C(=O)CN1CCC(CCN2CCN(c3cccc(C)c3C)CC2)CC1. The van der Waals surface area contributed by atoms with Gasteiger partial charge in [-0.3, -0.25) is 19.4 Å². The molecule has 3 rings (SSSR count). The molecular weight excluding hydrogens is 364 g/mol. The van der Waals surface area contributed by atoms with Crippen LogP contribution in [0.15, 0.2) is 18.2 Å². The van der Waals surface area contributed by atoms with Crippen molar-refractivity contribution in [1.29, 1.82) is 0 Å². The summed E-state index contributed by atoms with van der Waals surface area (Å²) in [7, 11) is 3.21. The molecule has 6 heteroatoms. The average molecular weight is 403 g/mol. The van der Waals surface area contributed by atoms with Gasteiger partial charge in [-0.25, -0.2) is 5.06 Å². The van der Waals surface area contributed by atoms with Gasteiger partial charge < -0.3 is 4.90 Å². The Morgan fingerprint density at radius 2 is 1.76 bits per heavy atom. The number of hydrogen-bond donors (Lipinski definition) is 0. The molecule has 29 heavy (non-hydrogen) atoms. The lowest BCUT2D eigenvalue weighted by Crippen LogP contribution is -2.47. The molecule has 0 bridgehead atoms. The van der Waals surface area contributed by atoms with Crippen molar-refractivity contribution in [1.82, 2.24) is 14.9 Å². The van der Waals surface area contributed by atoms with Crippen LogP contribution >= 0.6 is 0 Å². The number of benzene rings is 1. The van der Waals surface area contributed by atoms with E-state index in [0.717, 1.165) is 45.2 Å². The quantitative estimate of drug-likeness (QED) is 0.656. The molecular formula is C23H38N4O2. The Hall–Kier alpha value is -1.63. The van der Waals surface area contributed by atoms with Gasteiger partial charge in [-0.2, -0.15) is 0 Å². The summed E-state index contributed by atoms with van der Waals surface area (Å²) in [6, 6.07) is 6.64. The molecule has 0 radical (unpaired) electrons. The molecule has 0 aliphatic carbocycles. The highest BCUT2D eigenvalue weighted by molar-refractivity contribution is 5.76. The maximum atomic E-state index is 12.0. The number of nitrogens with zero attached hydrogens (tertiary/aromatic N) is 4. The summed E-state index contributed by atoms with van der Waals surface area (Å²) in [5.41, 5.74) is 4.21. The smallest absolute Gasteiger partial charge is 0.259 e. The van der Waals surface area contributed by atoms with Crippen LogP contribution in [0.4, 0.5) is 5.69 Å². The minimum absolute atomic E-state index is 0.0349. The average Bonchev–Trinajstić information content (AvgIpc) is 2.75. The van der Waals surface area contributed by atoms with Gasteiger partial charge in [0.05, 0.1) is 13.7 Å². The first-order chi connectivity index (χ1) is 14.0. The molecule has 1 aromatic carbocycles. The van der Waals surface area contributed by atoms with Crippen LogP contribution in [0.25, 0.3) is 0 Å². The summed E-state index contributed by atoms with van der Waals surface area (Å²) in [6.45, 7) is 12.7. The van der Waals surface area contributed by atoms with Gasteiger partial charge in [0.25, 0.3) is 5.91 Å². The first-order valence-corrected chi connectivity index (χ1v) is 11.0. The maximum Gasteiger partial charge on any atom is 0.259 e. The second-order valence-electron chi connectivity index (χ2n) is 8.63. The van der Waals surface area contributed by atoms with E-state index in [2.05, 4.69) is 46.7 Å². The van der Waals surface area contributed by atoms with E-state index in [1.807, 2.05) is 0 Å². The highest BCUT2D eigenvalue weighted by Crippen LogP contribution is 2.25. The number of carbonyl (C=O) groups excluding carboxylic acids is 1. The van der Waals surface area contributed by atoms with Gasteiger partial charge in [-0.15, -0.1) is 0 Å². The van der Waals surface area contributed by atoms with Crippen molar-refractivity contribution >= 4 is 11.6 Å². The van der Waals surface area contributed by atoms with Crippen LogP contribution in [-0.4, -0.2) is 87.3 Å². The molecule has 2 aliphatic heterocycles. The molecule has 162 valence electrons. The van der Waals surface area contributed by atoms with Crippen LogP contribution in [0.2, 0.25) is 0 Å². The standard InChI is InChI=1S/C23H38N4O2/c1-19-6-5-7-22(20(19)2)27-16-14-25(15-17-27)11-8-21-9-12-26(13-10-21)18-23(28)24(3)29-4/h5-7,21H,8-18H2,1-4H3. The molecule has 2 fully saturated rings. The van der Waals surface area contributed by atoms with Gasteiger partial charge in [0.2, 0.25) is 0 Å². The molecule has 2 saturated heterocycles. The lowest BCUT2D eigenvalue weighted by Gasteiger charge is -2.38. The fraction of sp³-hybridized carbons (Fsp3) is 0.696. The van der Waals surface area contributed by atoms with Crippen LogP contribution in [0.5, 0.6) is 0 Å². The molecule has 0 N–H and O–H groups in total. The highest BCUT2D eigenvalue weighted by Gasteiger charge is 2.24. The van der Waals surface area contributed by atoms with Crippen molar-refractivity contribution in [2.24, 2.45) is 5.92 Å². The minimum Gasteiger partial charge on any atom is -0.369 e. The van der Waals surface area contributed by atoms with Gasteiger partial charge in [0, 0.05) is 38.9 Å². The molecule has 2 aliphatic rings. The second kappa shape index (κ2) is 10.4. The zero-order valence-electron chi connectivity index (χ0n) is 18.7. The van der Waals surface area contributed by atoms with Gasteiger partial charge in [-0.05, 0) is 75.9 Å². The molecule has 0 saturated carbocycles. The van der Waals surface area contributed by atoms with Crippen LogP contribution in [0, 0.1) is 19.8 Å². The summed E-state index contributed by atoms with van der Waals surface area (Å²) in [5.74, 6) is 0.825. The minimum atomic E-state index is 0.0349. The Morgan fingerprint density at radius 1 is 1.07 bits per heavy atom. The third kappa shape index (κ3) is 5.93. The predicted octanol–water partition coefficient (Wildman–Crippen LogP) is 2.55. The number of rotatable bonds is 7. The van der Waals surface area contributed by atoms with Crippen molar-refractivity contribution in [2.45, 2.75) is 33.1 Å². The fourth-order valence-electron chi connectivity index (χ4n) is 4.48. The van der Waals surface area contributed by atoms with E-state index in [1.54, 1.807) is 7.05 Å². The lowest BCUT2D eigenvalue weighted by molar-refractivity contribution is -0.170. The molecule has 0 spiro atoms. The summed E-state index contributed by atoms with van der Waals surface area (Å²) in [4.78, 5) is 24.4. The summed E-state index contributed by atoms with van der Waals surface area (Å²) in [6.07, 6.45) is 3.68. The summed E-state index contributed by atoms with van der Waals surface area (Å²) in [5, 5.41) is 1.32. The Morgan fingerprint density at radius 3 is 2.41 bits per heavy atom. The number of anilines is 1. The number of likely N-dealkylation sites (tertiary alicyclic amines) is 1. The first kappa shape index (κ1) is 22.1. The molecule has 1 aromatic rings. The number of hydrogen-bond acceptors (Lipinski definition) is 5. The Labute approximate surface area is 176 Å². The van der Waals surface area contributed by atoms with Crippen LogP contribution < -0.4 is 4.90 Å². The van der Waals surface area contributed by atoms with E-state index in [0.29, 0.717) is 6.54 Å². The monoisotopic (exact) mass is 402 g/mol. The fourth-order valence-corrected chi connectivity index (χ4v) is 4.48. The van der Waals surface area contributed by atoms with E-state index in [1.165, 1.54) is 54.8 Å². The molecule has 0 unspecified atom stereocenters. The summed E-state index contributed by atoms with van der Waals surface area (Å²) < 4.78 is 0. The molecule has 6 nitrogen and oxygen atoms in total. The Kier molecular flexibility index (Phi) is 7.92. The second-order valence-corrected chi connectivity index (χ2v) is 8.63. The van der Waals surface area contributed by atoms with Crippen molar-refractivity contribution in [3.05, 3.63) is 29.3 Å². The third-order valence-corrected chi connectivity index (χ3v) is 6.83. The molecule has 0 aromatic heterocycles. The Bertz CT molecular complexity index is 665. The highest BCUT2D eigenvalue weighted by atomic mass is 16.7. The van der Waals surface area contributed by atoms with Crippen molar-refractivity contribution < 1.29 is 9.63 Å². The number of piperazine rings is 1. The largest absolute Gasteiger partial charge is 0.369 e. The number of amides is 1. The van der Waals surface area contributed by atoms with Gasteiger partial charge in [0.1, 0.15) is 0 Å². The van der Waals surface area contributed by atoms with Gasteiger partial charge in [0.15, 0.2) is 0 Å². The van der Waals surface area contributed by atoms with E-state index >= 15 is 0 Å². The van der Waals surface area contributed by atoms with Crippen LogP contribution in [0.1, 0.15) is 30.4 Å². The zero-order valence-corrected chi connectivity index (χ0v) is 18.7. The van der Waals surface area contributed by atoms with E-state index < -0.39 is 0 Å². The lowest BCUT2D eigenvalue weighted by atomic mass is 9.93. The van der Waals surface area contributed by atoms with E-state index in [4.69, 9.17) is 4.84 Å². The number of likely N-dealkylation sites (N-methyl/N-ethyl adjacent to an activating group) is 1.